The van der Waals surface area contributed by atoms with Gasteiger partial charge in [0.05, 0.1) is 16.9 Å². The standard InChI is InChI=1S/C10H13ClN2O/c11-9-6-10(13-12-7-9)5-8-1-3-14-4-2-8/h6-8H,1-5H2. The van der Waals surface area contributed by atoms with Crippen LogP contribution < -0.4 is 0 Å². The molecule has 0 atom stereocenters. The Labute approximate surface area is 88.4 Å². The second kappa shape index (κ2) is 4.71. The van der Waals surface area contributed by atoms with Gasteiger partial charge in [-0.15, -0.1) is 0 Å². The molecule has 1 aromatic rings. The van der Waals surface area contributed by atoms with Gasteiger partial charge in [0.2, 0.25) is 0 Å². The van der Waals surface area contributed by atoms with E-state index >= 15 is 0 Å². The van der Waals surface area contributed by atoms with E-state index in [0.29, 0.717) is 10.9 Å². The average Bonchev–Trinajstić information content (AvgIpc) is 2.19. The Hall–Kier alpha value is -0.670. The molecule has 0 spiro atoms. The van der Waals surface area contributed by atoms with Gasteiger partial charge in [0, 0.05) is 13.2 Å². The fourth-order valence-electron chi connectivity index (χ4n) is 1.73. The molecule has 1 aromatic heterocycles. The molecule has 76 valence electrons. The molecule has 0 unspecified atom stereocenters. The molecule has 1 saturated heterocycles. The second-order valence-corrected chi connectivity index (χ2v) is 4.06. The van der Waals surface area contributed by atoms with Crippen LogP contribution in [0.1, 0.15) is 18.5 Å². The summed E-state index contributed by atoms with van der Waals surface area (Å²) in [6.45, 7) is 1.75. The van der Waals surface area contributed by atoms with Gasteiger partial charge in [-0.05, 0) is 31.2 Å². The monoisotopic (exact) mass is 212 g/mol. The van der Waals surface area contributed by atoms with Crippen LogP contribution in [0.15, 0.2) is 12.3 Å². The quantitative estimate of drug-likeness (QED) is 0.753. The lowest BCUT2D eigenvalue weighted by atomic mass is 9.95. The fraction of sp³-hybridized carbons (Fsp3) is 0.600. The van der Waals surface area contributed by atoms with Gasteiger partial charge >= 0.3 is 0 Å². The molecular weight excluding hydrogens is 200 g/mol. The first-order valence-electron chi connectivity index (χ1n) is 4.89. The minimum absolute atomic E-state index is 0.669. The van der Waals surface area contributed by atoms with Crippen molar-refractivity contribution in [2.45, 2.75) is 19.3 Å². The predicted molar refractivity (Wildman–Crippen MR) is 54.3 cm³/mol. The zero-order valence-corrected chi connectivity index (χ0v) is 8.70. The van der Waals surface area contributed by atoms with Crippen molar-refractivity contribution < 1.29 is 4.74 Å². The summed E-state index contributed by atoms with van der Waals surface area (Å²) >= 11 is 5.84. The molecular formula is C10H13ClN2O. The van der Waals surface area contributed by atoms with Gasteiger partial charge in [0.15, 0.2) is 0 Å². The van der Waals surface area contributed by atoms with Crippen LogP contribution in [-0.2, 0) is 11.2 Å². The van der Waals surface area contributed by atoms with E-state index in [4.69, 9.17) is 16.3 Å². The van der Waals surface area contributed by atoms with Gasteiger partial charge in [0.25, 0.3) is 0 Å². The minimum Gasteiger partial charge on any atom is -0.381 e. The lowest BCUT2D eigenvalue weighted by molar-refractivity contribution is 0.0662. The molecule has 1 fully saturated rings. The molecule has 2 rings (SSSR count). The second-order valence-electron chi connectivity index (χ2n) is 3.63. The lowest BCUT2D eigenvalue weighted by Crippen LogP contribution is -2.18. The summed E-state index contributed by atoms with van der Waals surface area (Å²) in [5.74, 6) is 0.677. The average molecular weight is 213 g/mol. The lowest BCUT2D eigenvalue weighted by Gasteiger charge is -2.21. The van der Waals surface area contributed by atoms with E-state index in [-0.39, 0.29) is 0 Å². The maximum atomic E-state index is 5.84. The maximum Gasteiger partial charge on any atom is 0.0682 e. The molecule has 1 aliphatic rings. The van der Waals surface area contributed by atoms with Crippen LogP contribution in [0.5, 0.6) is 0 Å². The van der Waals surface area contributed by atoms with Crippen LogP contribution in [0.2, 0.25) is 5.02 Å². The summed E-state index contributed by atoms with van der Waals surface area (Å²) in [4.78, 5) is 0. The molecule has 4 heteroatoms. The predicted octanol–water partition coefficient (Wildman–Crippen LogP) is 2.10. The highest BCUT2D eigenvalue weighted by Gasteiger charge is 2.15. The Kier molecular flexibility index (Phi) is 3.32. The SMILES string of the molecule is Clc1cnnc(CC2CCOCC2)c1. The highest BCUT2D eigenvalue weighted by Crippen LogP contribution is 2.19. The number of aromatic nitrogens is 2. The highest BCUT2D eigenvalue weighted by molar-refractivity contribution is 6.30. The summed E-state index contributed by atoms with van der Waals surface area (Å²) < 4.78 is 5.30. The summed E-state index contributed by atoms with van der Waals surface area (Å²) in [5, 5.41) is 8.56. The molecule has 0 radical (unpaired) electrons. The molecule has 0 aromatic carbocycles. The first-order chi connectivity index (χ1) is 6.84. The molecule has 2 heterocycles. The molecule has 0 bridgehead atoms. The summed E-state index contributed by atoms with van der Waals surface area (Å²) in [7, 11) is 0. The number of hydrogen-bond donors (Lipinski definition) is 0. The zero-order valence-electron chi connectivity index (χ0n) is 7.95. The first kappa shape index (κ1) is 9.87. The normalized spacial score (nSPS) is 18.4. The zero-order chi connectivity index (χ0) is 9.80. The Morgan fingerprint density at radius 2 is 2.21 bits per heavy atom. The van der Waals surface area contributed by atoms with E-state index in [2.05, 4.69) is 10.2 Å². The third-order valence-corrected chi connectivity index (χ3v) is 2.72. The molecule has 0 N–H and O–H groups in total. The van der Waals surface area contributed by atoms with Crippen molar-refractivity contribution in [3.8, 4) is 0 Å². The van der Waals surface area contributed by atoms with E-state index < -0.39 is 0 Å². The molecule has 3 nitrogen and oxygen atoms in total. The number of nitrogens with zero attached hydrogens (tertiary/aromatic N) is 2. The van der Waals surface area contributed by atoms with Crippen LogP contribution in [-0.4, -0.2) is 23.4 Å². The Morgan fingerprint density at radius 3 is 2.93 bits per heavy atom. The van der Waals surface area contributed by atoms with Crippen molar-refractivity contribution in [3.63, 3.8) is 0 Å². The van der Waals surface area contributed by atoms with E-state index in [1.54, 1.807) is 6.20 Å². The number of halogens is 1. The van der Waals surface area contributed by atoms with E-state index in [1.165, 1.54) is 0 Å². The van der Waals surface area contributed by atoms with Crippen molar-refractivity contribution in [3.05, 3.63) is 23.0 Å². The summed E-state index contributed by atoms with van der Waals surface area (Å²) in [6.07, 6.45) is 4.77. The topological polar surface area (TPSA) is 35.0 Å². The van der Waals surface area contributed by atoms with E-state index in [0.717, 1.165) is 38.2 Å². The van der Waals surface area contributed by atoms with Crippen molar-refractivity contribution in [1.29, 1.82) is 0 Å². The third-order valence-electron chi connectivity index (χ3n) is 2.51. The van der Waals surface area contributed by atoms with Gasteiger partial charge in [-0.2, -0.15) is 10.2 Å². The van der Waals surface area contributed by atoms with Crippen molar-refractivity contribution >= 4 is 11.6 Å². The Bertz CT molecular complexity index is 300. The Balaban J connectivity index is 1.95. The summed E-state index contributed by atoms with van der Waals surface area (Å²) in [6, 6.07) is 1.89. The van der Waals surface area contributed by atoms with Gasteiger partial charge < -0.3 is 4.74 Å². The van der Waals surface area contributed by atoms with Gasteiger partial charge in [-0.25, -0.2) is 0 Å². The van der Waals surface area contributed by atoms with Crippen LogP contribution in [0.4, 0.5) is 0 Å². The van der Waals surface area contributed by atoms with Gasteiger partial charge in [0.1, 0.15) is 0 Å². The minimum atomic E-state index is 0.669. The van der Waals surface area contributed by atoms with Crippen molar-refractivity contribution in [1.82, 2.24) is 10.2 Å². The molecule has 0 aliphatic carbocycles. The van der Waals surface area contributed by atoms with Crippen LogP contribution in [0.25, 0.3) is 0 Å². The largest absolute Gasteiger partial charge is 0.381 e. The van der Waals surface area contributed by atoms with Crippen molar-refractivity contribution in [2.24, 2.45) is 5.92 Å². The highest BCUT2D eigenvalue weighted by atomic mass is 35.5. The smallest absolute Gasteiger partial charge is 0.0682 e. The third kappa shape index (κ3) is 2.66. The first-order valence-corrected chi connectivity index (χ1v) is 5.27. The van der Waals surface area contributed by atoms with Crippen LogP contribution in [0, 0.1) is 5.92 Å². The number of rotatable bonds is 2. The fourth-order valence-corrected chi connectivity index (χ4v) is 1.90. The van der Waals surface area contributed by atoms with Crippen LogP contribution >= 0.6 is 11.6 Å². The maximum absolute atomic E-state index is 5.84. The van der Waals surface area contributed by atoms with E-state index in [9.17, 15) is 0 Å². The molecule has 14 heavy (non-hydrogen) atoms. The molecule has 0 amide bonds. The van der Waals surface area contributed by atoms with E-state index in [1.807, 2.05) is 6.07 Å². The number of hydrogen-bond acceptors (Lipinski definition) is 3. The van der Waals surface area contributed by atoms with Crippen molar-refractivity contribution in [2.75, 3.05) is 13.2 Å². The summed E-state index contributed by atoms with van der Waals surface area (Å²) in [5.41, 5.74) is 0.990. The van der Waals surface area contributed by atoms with Gasteiger partial charge in [-0.1, -0.05) is 11.6 Å². The molecule has 1 aliphatic heterocycles. The molecule has 0 saturated carbocycles. The van der Waals surface area contributed by atoms with Gasteiger partial charge in [-0.3, -0.25) is 0 Å². The number of ether oxygens (including phenoxy) is 1. The van der Waals surface area contributed by atoms with Crippen LogP contribution in [0.3, 0.4) is 0 Å². The Morgan fingerprint density at radius 1 is 1.43 bits per heavy atom.